The van der Waals surface area contributed by atoms with Gasteiger partial charge in [0, 0.05) is 56.2 Å². The molecular weight excluding hydrogens is 568 g/mol. The summed E-state index contributed by atoms with van der Waals surface area (Å²) in [6.45, 7) is 4.14. The van der Waals surface area contributed by atoms with Gasteiger partial charge in [0.2, 0.25) is 15.9 Å². The number of methoxy groups -OCH3 is 2. The van der Waals surface area contributed by atoms with E-state index in [9.17, 15) is 18.0 Å². The second-order valence-electron chi connectivity index (χ2n) is 10.2. The van der Waals surface area contributed by atoms with E-state index in [-0.39, 0.29) is 42.9 Å². The highest BCUT2D eigenvalue weighted by molar-refractivity contribution is 7.89. The first-order valence-electron chi connectivity index (χ1n) is 13.8. The number of amides is 2. The minimum absolute atomic E-state index is 0.136. The number of benzene rings is 3. The number of anilines is 1. The highest BCUT2D eigenvalue weighted by atomic mass is 32.2. The molecule has 1 fully saturated rings. The van der Waals surface area contributed by atoms with Crippen molar-refractivity contribution in [2.45, 2.75) is 18.7 Å². The lowest BCUT2D eigenvalue weighted by Gasteiger charge is -2.34. The number of hydrogen-bond donors (Lipinski definition) is 1. The summed E-state index contributed by atoms with van der Waals surface area (Å²) < 4.78 is 40.8. The largest absolute Gasteiger partial charge is 0.497 e. The predicted molar refractivity (Wildman–Crippen MR) is 164 cm³/mol. The monoisotopic (exact) mass is 602 g/mol. The van der Waals surface area contributed by atoms with Crippen molar-refractivity contribution in [1.29, 1.82) is 0 Å². The maximum absolute atomic E-state index is 13.9. The van der Waals surface area contributed by atoms with E-state index < -0.39 is 10.0 Å². The third-order valence-electron chi connectivity index (χ3n) is 7.51. The highest BCUT2D eigenvalue weighted by Crippen LogP contribution is 2.33. The molecule has 1 N–H and O–H groups in total. The molecule has 0 aliphatic carbocycles. The maximum Gasteiger partial charge on any atom is 0.255 e. The fourth-order valence-electron chi connectivity index (χ4n) is 5.24. The van der Waals surface area contributed by atoms with E-state index in [4.69, 9.17) is 9.47 Å². The molecule has 1 saturated heterocycles. The van der Waals surface area contributed by atoms with Crippen LogP contribution in [0.15, 0.2) is 83.8 Å². The number of hydrogen-bond acceptors (Lipinski definition) is 6. The topological polar surface area (TPSA) is 110 Å². The summed E-state index contributed by atoms with van der Waals surface area (Å²) in [6.07, 6.45) is 0. The van der Waals surface area contributed by atoms with Gasteiger partial charge in [0.25, 0.3) is 5.91 Å². The fourth-order valence-corrected chi connectivity index (χ4v) is 6.67. The first-order valence-corrected chi connectivity index (χ1v) is 15.2. The Kier molecular flexibility index (Phi) is 8.56. The average molecular weight is 603 g/mol. The van der Waals surface area contributed by atoms with Crippen LogP contribution in [0.2, 0.25) is 0 Å². The Morgan fingerprint density at radius 2 is 1.47 bits per heavy atom. The Morgan fingerprint density at radius 3 is 2.07 bits per heavy atom. The van der Waals surface area contributed by atoms with Crippen molar-refractivity contribution in [3.05, 3.63) is 90.1 Å². The van der Waals surface area contributed by atoms with Crippen LogP contribution in [0.5, 0.6) is 11.5 Å². The predicted octanol–water partition coefficient (Wildman–Crippen LogP) is 4.58. The molecule has 2 heterocycles. The number of carbonyl (C=O) groups excluding carboxylic acids is 2. The van der Waals surface area contributed by atoms with Crippen LogP contribution in [0.3, 0.4) is 0 Å². The molecule has 224 valence electrons. The van der Waals surface area contributed by atoms with Crippen molar-refractivity contribution >= 4 is 27.5 Å². The smallest absolute Gasteiger partial charge is 0.255 e. The van der Waals surface area contributed by atoms with Crippen molar-refractivity contribution in [2.75, 3.05) is 45.7 Å². The number of nitrogens with one attached hydrogen (secondary N) is 1. The van der Waals surface area contributed by atoms with Gasteiger partial charge in [-0.3, -0.25) is 9.59 Å². The van der Waals surface area contributed by atoms with Gasteiger partial charge in [-0.1, -0.05) is 6.07 Å². The van der Waals surface area contributed by atoms with E-state index in [1.165, 1.54) is 23.4 Å². The minimum Gasteiger partial charge on any atom is -0.497 e. The summed E-state index contributed by atoms with van der Waals surface area (Å²) in [4.78, 5) is 27.0. The summed E-state index contributed by atoms with van der Waals surface area (Å²) in [7, 11) is -0.532. The van der Waals surface area contributed by atoms with E-state index in [1.807, 2.05) is 66.1 Å². The van der Waals surface area contributed by atoms with Gasteiger partial charge >= 0.3 is 0 Å². The number of nitrogens with zero attached hydrogens (tertiary/aromatic N) is 3. The van der Waals surface area contributed by atoms with Crippen LogP contribution in [0.25, 0.3) is 16.9 Å². The van der Waals surface area contributed by atoms with Gasteiger partial charge in [0.15, 0.2) is 0 Å². The van der Waals surface area contributed by atoms with Gasteiger partial charge in [-0.2, -0.15) is 4.31 Å². The maximum atomic E-state index is 13.9. The van der Waals surface area contributed by atoms with E-state index in [2.05, 4.69) is 5.32 Å². The summed E-state index contributed by atoms with van der Waals surface area (Å²) in [5.74, 6) is 1.03. The zero-order valence-corrected chi connectivity index (χ0v) is 25.3. The molecule has 11 heteroatoms. The van der Waals surface area contributed by atoms with Crippen molar-refractivity contribution in [3.8, 4) is 28.4 Å². The molecule has 0 spiro atoms. The average Bonchev–Trinajstić information content (AvgIpc) is 3.37. The number of piperazine rings is 1. The molecule has 0 radical (unpaired) electrons. The van der Waals surface area contributed by atoms with Gasteiger partial charge in [0.05, 0.1) is 30.4 Å². The molecular formula is C32H34N4O6S. The molecule has 4 aromatic rings. The zero-order chi connectivity index (χ0) is 30.7. The zero-order valence-electron chi connectivity index (χ0n) is 24.5. The molecule has 0 bridgehead atoms. The van der Waals surface area contributed by atoms with Crippen LogP contribution in [0.4, 0.5) is 5.69 Å². The fraction of sp³-hybridized carbons (Fsp3) is 0.250. The quantitative estimate of drug-likeness (QED) is 0.316. The standard InChI is InChI=1S/C32H34N4O6S/c1-22-30(21-31(24-8-12-27(41-3)13-9-24)36(22)26-6-5-7-28(20-26)42-4)32(38)34-16-18-35(19-17-34)43(39,40)29-14-10-25(11-15-29)33-23(2)37/h5-15,20-21H,16-19H2,1-4H3,(H,33,37). The van der Waals surface area contributed by atoms with Crippen LogP contribution in [0, 0.1) is 6.92 Å². The summed E-state index contributed by atoms with van der Waals surface area (Å²) in [6, 6.07) is 23.3. The molecule has 1 aromatic heterocycles. The first-order chi connectivity index (χ1) is 20.6. The van der Waals surface area contributed by atoms with Crippen LogP contribution < -0.4 is 14.8 Å². The molecule has 1 aliphatic rings. The number of rotatable bonds is 8. The van der Waals surface area contributed by atoms with Crippen molar-refractivity contribution < 1.29 is 27.5 Å². The molecule has 2 amide bonds. The third kappa shape index (κ3) is 6.13. The Hall–Kier alpha value is -4.61. The van der Waals surface area contributed by atoms with Gasteiger partial charge in [-0.15, -0.1) is 0 Å². The Labute approximate surface area is 251 Å². The van der Waals surface area contributed by atoms with E-state index >= 15 is 0 Å². The molecule has 3 aromatic carbocycles. The molecule has 1 aliphatic heterocycles. The lowest BCUT2D eigenvalue weighted by Crippen LogP contribution is -2.50. The van der Waals surface area contributed by atoms with Crippen molar-refractivity contribution in [3.63, 3.8) is 0 Å². The molecule has 0 saturated carbocycles. The molecule has 10 nitrogen and oxygen atoms in total. The lowest BCUT2D eigenvalue weighted by molar-refractivity contribution is -0.114. The number of sulfonamides is 1. The SMILES string of the molecule is COc1ccc(-c2cc(C(=O)N3CCN(S(=O)(=O)c4ccc(NC(C)=O)cc4)CC3)c(C)n2-c2cccc(OC)c2)cc1. The van der Waals surface area contributed by atoms with E-state index in [0.717, 1.165) is 28.4 Å². The Morgan fingerprint density at radius 1 is 0.814 bits per heavy atom. The van der Waals surface area contributed by atoms with E-state index in [1.54, 1.807) is 31.3 Å². The Balaban J connectivity index is 1.40. The minimum atomic E-state index is -3.76. The van der Waals surface area contributed by atoms with Crippen LogP contribution in [-0.2, 0) is 14.8 Å². The van der Waals surface area contributed by atoms with Crippen LogP contribution >= 0.6 is 0 Å². The molecule has 0 unspecified atom stereocenters. The van der Waals surface area contributed by atoms with Crippen LogP contribution in [0.1, 0.15) is 23.0 Å². The summed E-state index contributed by atoms with van der Waals surface area (Å²) >= 11 is 0. The number of ether oxygens (including phenoxy) is 2. The van der Waals surface area contributed by atoms with E-state index in [0.29, 0.717) is 17.0 Å². The van der Waals surface area contributed by atoms with Crippen molar-refractivity contribution in [2.24, 2.45) is 0 Å². The molecule has 43 heavy (non-hydrogen) atoms. The summed E-state index contributed by atoms with van der Waals surface area (Å²) in [5, 5.41) is 2.63. The van der Waals surface area contributed by atoms with Gasteiger partial charge < -0.3 is 24.3 Å². The molecule has 5 rings (SSSR count). The normalized spacial score (nSPS) is 13.9. The summed E-state index contributed by atoms with van der Waals surface area (Å²) in [5.41, 5.74) is 4.41. The van der Waals surface area contributed by atoms with Gasteiger partial charge in [-0.05, 0) is 79.2 Å². The van der Waals surface area contributed by atoms with Gasteiger partial charge in [0.1, 0.15) is 11.5 Å². The molecule has 0 atom stereocenters. The number of aromatic nitrogens is 1. The second kappa shape index (κ2) is 12.3. The van der Waals surface area contributed by atoms with Crippen LogP contribution in [-0.4, -0.2) is 74.4 Å². The Bertz CT molecular complexity index is 1740. The highest BCUT2D eigenvalue weighted by Gasteiger charge is 2.32. The third-order valence-corrected chi connectivity index (χ3v) is 9.43. The van der Waals surface area contributed by atoms with Crippen molar-refractivity contribution in [1.82, 2.24) is 13.8 Å². The lowest BCUT2D eigenvalue weighted by atomic mass is 10.1. The second-order valence-corrected chi connectivity index (χ2v) is 12.1. The van der Waals surface area contributed by atoms with Gasteiger partial charge in [-0.25, -0.2) is 8.42 Å². The number of carbonyl (C=O) groups is 2. The first kappa shape index (κ1) is 29.9.